The maximum absolute atomic E-state index is 4.92. The van der Waals surface area contributed by atoms with Gasteiger partial charge in [-0.05, 0) is 80.9 Å². The maximum atomic E-state index is 4.92. The molecule has 52 heavy (non-hydrogen) atoms. The molecule has 11 aromatic rings. The van der Waals surface area contributed by atoms with Crippen molar-refractivity contribution in [3.8, 4) is 27.9 Å². The number of thiophene rings is 2. The molecule has 2 aliphatic rings. The highest BCUT2D eigenvalue weighted by Gasteiger charge is 2.51. The standard InChI is InChI=1S/C48H26N2S2/c1-6-18-35-28(12-1)29-13-2-7-19-36(29)48(35)37-20-8-3-14-30(37)31-24-23-27(26-38(31)48)50-39-21-9-4-15-32(39)41-42-33-16-5-10-22-40(33)51-45(42)43-34-17-11-25-49-47(34)52-46(43)44(41)50/h1-26H. The van der Waals surface area contributed by atoms with Crippen LogP contribution in [0.15, 0.2) is 158 Å². The third kappa shape index (κ3) is 3.13. The van der Waals surface area contributed by atoms with Gasteiger partial charge in [0.25, 0.3) is 0 Å². The summed E-state index contributed by atoms with van der Waals surface area (Å²) in [5.74, 6) is 0. The quantitative estimate of drug-likeness (QED) is 0.167. The van der Waals surface area contributed by atoms with Gasteiger partial charge in [-0.2, -0.15) is 0 Å². The Morgan fingerprint density at radius 3 is 1.83 bits per heavy atom. The molecule has 2 aliphatic carbocycles. The van der Waals surface area contributed by atoms with Crippen molar-refractivity contribution < 1.29 is 0 Å². The fraction of sp³-hybridized carbons (Fsp3) is 0.0208. The molecule has 4 heteroatoms. The van der Waals surface area contributed by atoms with Crippen LogP contribution in [0.4, 0.5) is 0 Å². The molecule has 0 aliphatic heterocycles. The molecule has 0 unspecified atom stereocenters. The minimum atomic E-state index is -0.401. The minimum absolute atomic E-state index is 0.401. The summed E-state index contributed by atoms with van der Waals surface area (Å²) in [4.78, 5) is 6.00. The van der Waals surface area contributed by atoms with E-state index in [0.717, 1.165) is 4.83 Å². The lowest BCUT2D eigenvalue weighted by molar-refractivity contribution is 0.792. The number of aromatic nitrogens is 2. The van der Waals surface area contributed by atoms with Gasteiger partial charge in [0.2, 0.25) is 0 Å². The van der Waals surface area contributed by atoms with Crippen LogP contribution in [0.5, 0.6) is 0 Å². The smallest absolute Gasteiger partial charge is 0.124 e. The monoisotopic (exact) mass is 694 g/mol. The van der Waals surface area contributed by atoms with Crippen LogP contribution < -0.4 is 0 Å². The first-order valence-electron chi connectivity index (χ1n) is 17.8. The van der Waals surface area contributed by atoms with Crippen LogP contribution in [0, 0.1) is 0 Å². The molecular weight excluding hydrogens is 669 g/mol. The van der Waals surface area contributed by atoms with Crippen molar-refractivity contribution in [2.45, 2.75) is 5.41 Å². The highest BCUT2D eigenvalue weighted by Crippen LogP contribution is 2.63. The minimum Gasteiger partial charge on any atom is -0.308 e. The fourth-order valence-corrected chi connectivity index (χ4v) is 12.5. The van der Waals surface area contributed by atoms with Crippen LogP contribution in [-0.2, 0) is 5.41 Å². The van der Waals surface area contributed by atoms with E-state index < -0.39 is 5.41 Å². The van der Waals surface area contributed by atoms with E-state index in [1.165, 1.54) is 108 Å². The van der Waals surface area contributed by atoms with Crippen LogP contribution in [-0.4, -0.2) is 9.55 Å². The van der Waals surface area contributed by atoms with Crippen molar-refractivity contribution in [1.82, 2.24) is 9.55 Å². The molecule has 0 amide bonds. The second-order valence-electron chi connectivity index (χ2n) is 14.2. The second-order valence-corrected chi connectivity index (χ2v) is 16.2. The molecule has 0 saturated carbocycles. The third-order valence-corrected chi connectivity index (χ3v) is 14.2. The molecule has 0 bridgehead atoms. The molecule has 0 N–H and O–H groups in total. The average Bonchev–Trinajstić information content (AvgIpc) is 3.99. The third-order valence-electron chi connectivity index (χ3n) is 11.9. The highest BCUT2D eigenvalue weighted by atomic mass is 32.1. The van der Waals surface area contributed by atoms with Crippen molar-refractivity contribution in [3.05, 3.63) is 180 Å². The lowest BCUT2D eigenvalue weighted by Crippen LogP contribution is -2.26. The van der Waals surface area contributed by atoms with E-state index in [9.17, 15) is 0 Å². The summed E-state index contributed by atoms with van der Waals surface area (Å²) in [7, 11) is 0. The van der Waals surface area contributed by atoms with Crippen LogP contribution >= 0.6 is 22.7 Å². The normalized spacial score (nSPS) is 13.9. The van der Waals surface area contributed by atoms with Crippen molar-refractivity contribution in [3.63, 3.8) is 0 Å². The van der Waals surface area contributed by atoms with Crippen molar-refractivity contribution in [2.75, 3.05) is 0 Å². The summed E-state index contributed by atoms with van der Waals surface area (Å²) in [6, 6.07) is 56.8. The zero-order chi connectivity index (χ0) is 33.7. The van der Waals surface area contributed by atoms with Crippen LogP contribution in [0.3, 0.4) is 0 Å². The average molecular weight is 695 g/mol. The van der Waals surface area contributed by atoms with Gasteiger partial charge in [0.1, 0.15) is 4.83 Å². The molecule has 2 nitrogen and oxygen atoms in total. The molecular formula is C48H26N2S2. The van der Waals surface area contributed by atoms with E-state index in [1.807, 2.05) is 28.9 Å². The topological polar surface area (TPSA) is 17.8 Å². The van der Waals surface area contributed by atoms with Crippen LogP contribution in [0.2, 0.25) is 0 Å². The molecule has 1 spiro atoms. The molecule has 0 saturated heterocycles. The number of benzene rings is 7. The number of hydrogen-bond donors (Lipinski definition) is 0. The summed E-state index contributed by atoms with van der Waals surface area (Å²) < 4.78 is 6.54. The zero-order valence-corrected chi connectivity index (χ0v) is 29.4. The van der Waals surface area contributed by atoms with Gasteiger partial charge in [-0.25, -0.2) is 4.98 Å². The molecule has 4 heterocycles. The van der Waals surface area contributed by atoms with Gasteiger partial charge in [0, 0.05) is 53.6 Å². The highest BCUT2D eigenvalue weighted by molar-refractivity contribution is 7.30. The van der Waals surface area contributed by atoms with E-state index in [0.29, 0.717) is 0 Å². The number of hydrogen-bond acceptors (Lipinski definition) is 3. The second kappa shape index (κ2) is 9.62. The number of para-hydroxylation sites is 1. The molecule has 7 aromatic carbocycles. The number of pyridine rings is 1. The SMILES string of the molecule is c1ccc2c(c1)-c1ccccc1C21c2ccccc2-c2ccc(-n3c4ccccc4c4c5c6ccccc6sc5c5c6cccnc6sc5c43)cc21. The summed E-state index contributed by atoms with van der Waals surface area (Å²) in [6.45, 7) is 0. The predicted molar refractivity (Wildman–Crippen MR) is 221 cm³/mol. The number of nitrogens with zero attached hydrogens (tertiary/aromatic N) is 2. The lowest BCUT2D eigenvalue weighted by atomic mass is 9.70. The molecule has 0 atom stereocenters. The summed E-state index contributed by atoms with van der Waals surface area (Å²) in [5.41, 5.74) is 14.0. The van der Waals surface area contributed by atoms with Crippen molar-refractivity contribution in [1.29, 1.82) is 0 Å². The number of rotatable bonds is 1. The Hall–Kier alpha value is -6.07. The Morgan fingerprint density at radius 1 is 0.462 bits per heavy atom. The van der Waals surface area contributed by atoms with Crippen LogP contribution in [0.25, 0.3) is 90.2 Å². The Balaban J connectivity index is 1.23. The van der Waals surface area contributed by atoms with E-state index in [4.69, 9.17) is 4.98 Å². The van der Waals surface area contributed by atoms with E-state index >= 15 is 0 Å². The predicted octanol–water partition coefficient (Wildman–Crippen LogP) is 13.3. The van der Waals surface area contributed by atoms with Crippen molar-refractivity contribution >= 4 is 85.0 Å². The van der Waals surface area contributed by atoms with Crippen molar-refractivity contribution in [2.24, 2.45) is 0 Å². The summed E-state index contributed by atoms with van der Waals surface area (Å²) in [6.07, 6.45) is 1.93. The maximum Gasteiger partial charge on any atom is 0.124 e. The largest absolute Gasteiger partial charge is 0.308 e. The van der Waals surface area contributed by atoms with E-state index in [-0.39, 0.29) is 0 Å². The van der Waals surface area contributed by atoms with Crippen LogP contribution in [0.1, 0.15) is 22.3 Å². The zero-order valence-electron chi connectivity index (χ0n) is 27.7. The van der Waals surface area contributed by atoms with Gasteiger partial charge >= 0.3 is 0 Å². The Morgan fingerprint density at radius 2 is 1.08 bits per heavy atom. The first-order chi connectivity index (χ1) is 25.8. The Labute approximate surface area is 306 Å². The van der Waals surface area contributed by atoms with Gasteiger partial charge in [-0.3, -0.25) is 0 Å². The van der Waals surface area contributed by atoms with Gasteiger partial charge in [0.15, 0.2) is 0 Å². The molecule has 4 aromatic heterocycles. The molecule has 0 radical (unpaired) electrons. The molecule has 0 fully saturated rings. The number of fused-ring (bicyclic) bond motifs is 22. The molecule has 13 rings (SSSR count). The Bertz CT molecular complexity index is 3310. The molecule has 240 valence electrons. The first-order valence-corrected chi connectivity index (χ1v) is 19.4. The first kappa shape index (κ1) is 27.6. The van der Waals surface area contributed by atoms with E-state index in [2.05, 4.69) is 156 Å². The van der Waals surface area contributed by atoms with E-state index in [1.54, 1.807) is 0 Å². The van der Waals surface area contributed by atoms with Gasteiger partial charge < -0.3 is 4.57 Å². The Kier molecular flexibility index (Phi) is 5.11. The fourth-order valence-electron chi connectivity index (χ4n) is 9.99. The van der Waals surface area contributed by atoms with Gasteiger partial charge in [-0.15, -0.1) is 22.7 Å². The summed E-state index contributed by atoms with van der Waals surface area (Å²) in [5, 5.41) is 7.85. The summed E-state index contributed by atoms with van der Waals surface area (Å²) >= 11 is 3.75. The lowest BCUT2D eigenvalue weighted by Gasteiger charge is -2.30. The van der Waals surface area contributed by atoms with Gasteiger partial charge in [-0.1, -0.05) is 115 Å². The van der Waals surface area contributed by atoms with Gasteiger partial charge in [0.05, 0.1) is 21.1 Å².